The van der Waals surface area contributed by atoms with Crippen molar-refractivity contribution in [2.75, 3.05) is 51.1 Å². The van der Waals surface area contributed by atoms with Gasteiger partial charge in [0.05, 0.1) is 12.6 Å². The maximum atomic E-state index is 12.8. The number of piperazine rings is 1. The number of benzene rings is 1. The van der Waals surface area contributed by atoms with Gasteiger partial charge in [-0.3, -0.25) is 19.4 Å². The number of rotatable bonds is 8. The van der Waals surface area contributed by atoms with Gasteiger partial charge in [-0.1, -0.05) is 32.0 Å². The van der Waals surface area contributed by atoms with Crippen LogP contribution in [0.2, 0.25) is 0 Å². The molecule has 0 spiro atoms. The number of amides is 2. The molecule has 1 N–H and O–H groups in total. The van der Waals surface area contributed by atoms with Crippen LogP contribution in [-0.2, 0) is 9.59 Å². The van der Waals surface area contributed by atoms with Crippen LogP contribution >= 0.6 is 0 Å². The van der Waals surface area contributed by atoms with Gasteiger partial charge < -0.3 is 10.2 Å². The molecule has 6 heteroatoms. The van der Waals surface area contributed by atoms with E-state index in [1.54, 1.807) is 0 Å². The van der Waals surface area contributed by atoms with Crippen molar-refractivity contribution < 1.29 is 9.59 Å². The summed E-state index contributed by atoms with van der Waals surface area (Å²) in [6, 6.07) is 7.80. The van der Waals surface area contributed by atoms with E-state index >= 15 is 0 Å². The number of hydrogen-bond donors (Lipinski definition) is 1. The zero-order chi connectivity index (χ0) is 20.7. The van der Waals surface area contributed by atoms with Crippen molar-refractivity contribution in [2.24, 2.45) is 0 Å². The highest BCUT2D eigenvalue weighted by Gasteiger charge is 2.27. The third-order valence-corrected chi connectivity index (χ3v) is 5.65. The lowest BCUT2D eigenvalue weighted by Crippen LogP contribution is -2.54. The lowest BCUT2D eigenvalue weighted by Gasteiger charge is -2.37. The van der Waals surface area contributed by atoms with E-state index < -0.39 is 0 Å². The first kappa shape index (κ1) is 22.4. The quantitative estimate of drug-likeness (QED) is 0.744. The van der Waals surface area contributed by atoms with Crippen molar-refractivity contribution in [3.63, 3.8) is 0 Å². The summed E-state index contributed by atoms with van der Waals surface area (Å²) in [5.74, 6) is 0.578. The molecule has 1 unspecified atom stereocenters. The molecule has 0 aromatic heterocycles. The fraction of sp³-hybridized carbons (Fsp3) is 0.636. The lowest BCUT2D eigenvalue weighted by molar-refractivity contribution is -0.133. The van der Waals surface area contributed by atoms with Crippen LogP contribution in [0.1, 0.15) is 46.1 Å². The number of nitrogens with one attached hydrogen (secondary N) is 1. The van der Waals surface area contributed by atoms with E-state index in [1.807, 2.05) is 43.9 Å². The molecule has 0 bridgehead atoms. The van der Waals surface area contributed by atoms with Gasteiger partial charge in [-0.25, -0.2) is 0 Å². The van der Waals surface area contributed by atoms with Gasteiger partial charge in [-0.15, -0.1) is 0 Å². The third-order valence-electron chi connectivity index (χ3n) is 5.65. The second-order valence-corrected chi connectivity index (χ2v) is 7.79. The Bertz CT molecular complexity index is 650. The van der Waals surface area contributed by atoms with Crippen LogP contribution in [0, 0.1) is 0 Å². The summed E-state index contributed by atoms with van der Waals surface area (Å²) in [5.41, 5.74) is 2.06. The van der Waals surface area contributed by atoms with Crippen LogP contribution < -0.4 is 5.32 Å². The van der Waals surface area contributed by atoms with E-state index in [-0.39, 0.29) is 17.9 Å². The summed E-state index contributed by atoms with van der Waals surface area (Å²) in [6.07, 6.45) is 0. The molecule has 0 saturated carbocycles. The Morgan fingerprint density at radius 3 is 2.21 bits per heavy atom. The zero-order valence-electron chi connectivity index (χ0n) is 18.1. The van der Waals surface area contributed by atoms with Crippen LogP contribution in [0.5, 0.6) is 0 Å². The molecule has 0 radical (unpaired) electrons. The number of carbonyl (C=O) groups excluding carboxylic acids is 2. The summed E-state index contributed by atoms with van der Waals surface area (Å²) in [7, 11) is 0. The molecule has 1 aromatic rings. The van der Waals surface area contributed by atoms with Crippen LogP contribution in [0.4, 0.5) is 5.69 Å². The first-order valence-electron chi connectivity index (χ1n) is 10.5. The van der Waals surface area contributed by atoms with Crippen LogP contribution in [-0.4, -0.2) is 78.4 Å². The summed E-state index contributed by atoms with van der Waals surface area (Å²) in [4.78, 5) is 31.3. The SMILES string of the molecule is CCN(CC)C(=O)CN1CCN(C(C)C(=O)Nc2ccccc2C(C)C)CC1. The summed E-state index contributed by atoms with van der Waals surface area (Å²) >= 11 is 0. The molecule has 2 rings (SSSR count). The minimum absolute atomic E-state index is 0.0285. The Balaban J connectivity index is 1.87. The van der Waals surface area contributed by atoms with Crippen molar-refractivity contribution >= 4 is 17.5 Å². The number of nitrogens with zero attached hydrogens (tertiary/aromatic N) is 3. The summed E-state index contributed by atoms with van der Waals surface area (Å²) in [6.45, 7) is 15.4. The molecule has 2 amide bonds. The van der Waals surface area contributed by atoms with E-state index in [1.165, 1.54) is 0 Å². The largest absolute Gasteiger partial charge is 0.342 e. The Hall–Kier alpha value is -1.92. The second-order valence-electron chi connectivity index (χ2n) is 7.79. The van der Waals surface area contributed by atoms with Gasteiger partial charge in [0, 0.05) is 45.0 Å². The fourth-order valence-corrected chi connectivity index (χ4v) is 3.69. The van der Waals surface area contributed by atoms with E-state index in [0.717, 1.165) is 50.5 Å². The number of carbonyl (C=O) groups is 2. The molecule has 1 heterocycles. The topological polar surface area (TPSA) is 55.9 Å². The molecule has 6 nitrogen and oxygen atoms in total. The minimum atomic E-state index is -0.194. The maximum Gasteiger partial charge on any atom is 0.241 e. The van der Waals surface area contributed by atoms with Gasteiger partial charge in [0.1, 0.15) is 0 Å². The zero-order valence-corrected chi connectivity index (χ0v) is 18.1. The molecule has 1 saturated heterocycles. The molecule has 1 atom stereocenters. The van der Waals surface area contributed by atoms with E-state index in [0.29, 0.717) is 12.5 Å². The number of anilines is 1. The van der Waals surface area contributed by atoms with Crippen molar-refractivity contribution in [3.8, 4) is 0 Å². The van der Waals surface area contributed by atoms with Gasteiger partial charge in [-0.2, -0.15) is 0 Å². The highest BCUT2D eigenvalue weighted by atomic mass is 16.2. The highest BCUT2D eigenvalue weighted by molar-refractivity contribution is 5.95. The average Bonchev–Trinajstić information content (AvgIpc) is 2.69. The van der Waals surface area contributed by atoms with Crippen LogP contribution in [0.3, 0.4) is 0 Å². The fourth-order valence-electron chi connectivity index (χ4n) is 3.69. The van der Waals surface area contributed by atoms with Gasteiger partial charge >= 0.3 is 0 Å². The summed E-state index contributed by atoms with van der Waals surface area (Å²) < 4.78 is 0. The van der Waals surface area contributed by atoms with Gasteiger partial charge in [0.2, 0.25) is 11.8 Å². The first-order chi connectivity index (χ1) is 13.4. The predicted octanol–water partition coefficient (Wildman–Crippen LogP) is 2.62. The number of likely N-dealkylation sites (N-methyl/N-ethyl adjacent to an activating group) is 1. The van der Waals surface area contributed by atoms with Crippen molar-refractivity contribution in [2.45, 2.75) is 46.6 Å². The first-order valence-corrected chi connectivity index (χ1v) is 10.5. The van der Waals surface area contributed by atoms with E-state index in [2.05, 4.69) is 35.0 Å². The second kappa shape index (κ2) is 10.6. The molecule has 28 heavy (non-hydrogen) atoms. The summed E-state index contributed by atoms with van der Waals surface area (Å²) in [5, 5.41) is 3.11. The Morgan fingerprint density at radius 1 is 1.04 bits per heavy atom. The van der Waals surface area contributed by atoms with E-state index in [4.69, 9.17) is 0 Å². The number of hydrogen-bond acceptors (Lipinski definition) is 4. The molecule has 1 fully saturated rings. The molecule has 1 aliphatic rings. The Morgan fingerprint density at radius 2 is 1.64 bits per heavy atom. The van der Waals surface area contributed by atoms with Gasteiger partial charge in [0.25, 0.3) is 0 Å². The maximum absolute atomic E-state index is 12.8. The van der Waals surface area contributed by atoms with Crippen molar-refractivity contribution in [3.05, 3.63) is 29.8 Å². The van der Waals surface area contributed by atoms with Crippen molar-refractivity contribution in [1.82, 2.24) is 14.7 Å². The molecule has 156 valence electrons. The lowest BCUT2D eigenvalue weighted by atomic mass is 10.0. The third kappa shape index (κ3) is 5.79. The van der Waals surface area contributed by atoms with Crippen LogP contribution in [0.15, 0.2) is 24.3 Å². The van der Waals surface area contributed by atoms with E-state index in [9.17, 15) is 9.59 Å². The minimum Gasteiger partial charge on any atom is -0.342 e. The van der Waals surface area contributed by atoms with Gasteiger partial charge in [-0.05, 0) is 38.3 Å². The molecule has 1 aromatic carbocycles. The average molecular weight is 389 g/mol. The monoisotopic (exact) mass is 388 g/mol. The smallest absolute Gasteiger partial charge is 0.241 e. The highest BCUT2D eigenvalue weighted by Crippen LogP contribution is 2.24. The predicted molar refractivity (Wildman–Crippen MR) is 115 cm³/mol. The molecule has 1 aliphatic heterocycles. The molecule has 0 aliphatic carbocycles. The molecular formula is C22H36N4O2. The normalized spacial score (nSPS) is 16.8. The van der Waals surface area contributed by atoms with Crippen molar-refractivity contribution in [1.29, 1.82) is 0 Å². The number of para-hydroxylation sites is 1. The van der Waals surface area contributed by atoms with Gasteiger partial charge in [0.15, 0.2) is 0 Å². The van der Waals surface area contributed by atoms with Crippen LogP contribution in [0.25, 0.3) is 0 Å². The standard InChI is InChI=1S/C22H36N4O2/c1-6-25(7-2)21(27)16-24-12-14-26(15-13-24)18(5)22(28)23-20-11-9-8-10-19(20)17(3)4/h8-11,17-18H,6-7,12-16H2,1-5H3,(H,23,28). The Kier molecular flexibility index (Phi) is 8.45. The Labute approximate surface area is 169 Å². The molecular weight excluding hydrogens is 352 g/mol.